The molecule has 0 aliphatic rings. The van der Waals surface area contributed by atoms with Gasteiger partial charge in [-0.3, -0.25) is 0 Å². The highest BCUT2D eigenvalue weighted by Crippen LogP contribution is 2.05. The molecule has 0 aliphatic carbocycles. The van der Waals surface area contributed by atoms with Crippen LogP contribution in [-0.4, -0.2) is 6.04 Å². The average molecular weight is 161 g/mol. The van der Waals surface area contributed by atoms with E-state index < -0.39 is 0 Å². The fraction of sp³-hybridized carbons (Fsp3) is 0.273. The van der Waals surface area contributed by atoms with Crippen molar-refractivity contribution in [2.75, 3.05) is 0 Å². The van der Waals surface area contributed by atoms with Crippen LogP contribution in [0.25, 0.3) is 0 Å². The SMILES string of the molecule is C=CC(N)Cc1cccc(C)c1. The normalized spacial score (nSPS) is 12.5. The summed E-state index contributed by atoms with van der Waals surface area (Å²) in [5, 5.41) is 0. The number of hydrogen-bond donors (Lipinski definition) is 1. The second-order valence-corrected chi connectivity index (χ2v) is 3.09. The van der Waals surface area contributed by atoms with Crippen LogP contribution >= 0.6 is 0 Å². The summed E-state index contributed by atoms with van der Waals surface area (Å²) in [5.74, 6) is 0. The third-order valence-corrected chi connectivity index (χ3v) is 1.86. The maximum Gasteiger partial charge on any atom is 0.0262 e. The lowest BCUT2D eigenvalue weighted by atomic mass is 10.0. The zero-order valence-corrected chi connectivity index (χ0v) is 7.46. The van der Waals surface area contributed by atoms with Crippen LogP contribution in [0.5, 0.6) is 0 Å². The minimum absolute atomic E-state index is 0.0757. The summed E-state index contributed by atoms with van der Waals surface area (Å²) >= 11 is 0. The Morgan fingerprint density at radius 1 is 1.58 bits per heavy atom. The van der Waals surface area contributed by atoms with Gasteiger partial charge in [0.2, 0.25) is 0 Å². The Morgan fingerprint density at radius 3 is 2.92 bits per heavy atom. The number of rotatable bonds is 3. The largest absolute Gasteiger partial charge is 0.324 e. The van der Waals surface area contributed by atoms with Crippen LogP contribution in [0, 0.1) is 6.92 Å². The molecular weight excluding hydrogens is 146 g/mol. The fourth-order valence-electron chi connectivity index (χ4n) is 1.19. The highest BCUT2D eigenvalue weighted by molar-refractivity contribution is 5.23. The van der Waals surface area contributed by atoms with Gasteiger partial charge in [0.1, 0.15) is 0 Å². The van der Waals surface area contributed by atoms with Crippen LogP contribution in [0.1, 0.15) is 11.1 Å². The molecule has 1 atom stereocenters. The monoisotopic (exact) mass is 161 g/mol. The smallest absolute Gasteiger partial charge is 0.0262 e. The Kier molecular flexibility index (Phi) is 3.06. The van der Waals surface area contributed by atoms with E-state index >= 15 is 0 Å². The van der Waals surface area contributed by atoms with Crippen molar-refractivity contribution in [3.63, 3.8) is 0 Å². The summed E-state index contributed by atoms with van der Waals surface area (Å²) < 4.78 is 0. The maximum absolute atomic E-state index is 5.74. The molecule has 0 heterocycles. The summed E-state index contributed by atoms with van der Waals surface area (Å²) in [6.07, 6.45) is 2.66. The molecule has 1 nitrogen and oxygen atoms in total. The van der Waals surface area contributed by atoms with Gasteiger partial charge in [0.15, 0.2) is 0 Å². The van der Waals surface area contributed by atoms with E-state index in [1.54, 1.807) is 6.08 Å². The van der Waals surface area contributed by atoms with Gasteiger partial charge in [-0.15, -0.1) is 6.58 Å². The lowest BCUT2D eigenvalue weighted by Crippen LogP contribution is -2.19. The predicted octanol–water partition coefficient (Wildman–Crippen LogP) is 2.05. The van der Waals surface area contributed by atoms with Crippen LogP contribution in [-0.2, 0) is 6.42 Å². The van der Waals surface area contributed by atoms with Crippen molar-refractivity contribution in [1.82, 2.24) is 0 Å². The van der Waals surface area contributed by atoms with Crippen molar-refractivity contribution < 1.29 is 0 Å². The van der Waals surface area contributed by atoms with Gasteiger partial charge >= 0.3 is 0 Å². The molecule has 0 amide bonds. The summed E-state index contributed by atoms with van der Waals surface area (Å²) in [6, 6.07) is 8.47. The van der Waals surface area contributed by atoms with E-state index in [2.05, 4.69) is 37.8 Å². The Labute approximate surface area is 73.9 Å². The molecule has 1 aromatic carbocycles. The van der Waals surface area contributed by atoms with Crippen molar-refractivity contribution in [2.45, 2.75) is 19.4 Å². The first-order valence-electron chi connectivity index (χ1n) is 4.16. The Bertz CT molecular complexity index is 265. The summed E-state index contributed by atoms with van der Waals surface area (Å²) in [6.45, 7) is 5.74. The Morgan fingerprint density at radius 2 is 2.33 bits per heavy atom. The standard InChI is InChI=1S/C11H15N/c1-3-11(12)8-10-6-4-5-9(2)7-10/h3-7,11H,1,8,12H2,2H3. The topological polar surface area (TPSA) is 26.0 Å². The molecule has 0 saturated carbocycles. The number of nitrogens with two attached hydrogens (primary N) is 1. The zero-order valence-electron chi connectivity index (χ0n) is 7.46. The maximum atomic E-state index is 5.74. The minimum atomic E-state index is 0.0757. The van der Waals surface area contributed by atoms with Crippen molar-refractivity contribution in [3.05, 3.63) is 48.0 Å². The van der Waals surface area contributed by atoms with E-state index in [9.17, 15) is 0 Å². The number of hydrogen-bond acceptors (Lipinski definition) is 1. The fourth-order valence-corrected chi connectivity index (χ4v) is 1.19. The quantitative estimate of drug-likeness (QED) is 0.675. The van der Waals surface area contributed by atoms with E-state index in [4.69, 9.17) is 5.73 Å². The molecule has 2 N–H and O–H groups in total. The molecule has 12 heavy (non-hydrogen) atoms. The molecule has 0 fully saturated rings. The van der Waals surface area contributed by atoms with E-state index in [0.29, 0.717) is 0 Å². The molecule has 1 aromatic rings. The first kappa shape index (κ1) is 9.01. The van der Waals surface area contributed by atoms with Crippen LogP contribution in [0.4, 0.5) is 0 Å². The van der Waals surface area contributed by atoms with Gasteiger partial charge < -0.3 is 5.73 Å². The van der Waals surface area contributed by atoms with Crippen molar-refractivity contribution >= 4 is 0 Å². The zero-order chi connectivity index (χ0) is 8.97. The average Bonchev–Trinajstić information content (AvgIpc) is 2.04. The first-order chi connectivity index (χ1) is 5.72. The second-order valence-electron chi connectivity index (χ2n) is 3.09. The van der Waals surface area contributed by atoms with Crippen LogP contribution in [0.3, 0.4) is 0 Å². The third-order valence-electron chi connectivity index (χ3n) is 1.86. The molecule has 0 spiro atoms. The third kappa shape index (κ3) is 2.51. The number of aryl methyl sites for hydroxylation is 1. The predicted molar refractivity (Wildman–Crippen MR) is 53.1 cm³/mol. The molecule has 0 aromatic heterocycles. The lowest BCUT2D eigenvalue weighted by Gasteiger charge is -2.06. The molecule has 1 unspecified atom stereocenters. The highest BCUT2D eigenvalue weighted by atomic mass is 14.6. The molecular formula is C11H15N. The van der Waals surface area contributed by atoms with Crippen molar-refractivity contribution in [2.24, 2.45) is 5.73 Å². The molecule has 0 aliphatic heterocycles. The van der Waals surface area contributed by atoms with Gasteiger partial charge in [-0.25, -0.2) is 0 Å². The Balaban J connectivity index is 2.69. The second kappa shape index (κ2) is 4.07. The van der Waals surface area contributed by atoms with Crippen LogP contribution < -0.4 is 5.73 Å². The minimum Gasteiger partial charge on any atom is -0.324 e. The molecule has 64 valence electrons. The lowest BCUT2D eigenvalue weighted by molar-refractivity contribution is 0.811. The van der Waals surface area contributed by atoms with E-state index in [1.807, 2.05) is 0 Å². The van der Waals surface area contributed by atoms with Gasteiger partial charge in [0.05, 0.1) is 0 Å². The summed E-state index contributed by atoms with van der Waals surface area (Å²) in [5.41, 5.74) is 8.30. The Hall–Kier alpha value is -1.08. The van der Waals surface area contributed by atoms with Crippen LogP contribution in [0.2, 0.25) is 0 Å². The molecule has 1 heteroatoms. The van der Waals surface area contributed by atoms with E-state index in [1.165, 1.54) is 11.1 Å². The van der Waals surface area contributed by atoms with Crippen molar-refractivity contribution in [1.29, 1.82) is 0 Å². The van der Waals surface area contributed by atoms with E-state index in [-0.39, 0.29) is 6.04 Å². The highest BCUT2D eigenvalue weighted by Gasteiger charge is 1.98. The molecule has 0 bridgehead atoms. The summed E-state index contributed by atoms with van der Waals surface area (Å²) in [4.78, 5) is 0. The molecule has 0 radical (unpaired) electrons. The van der Waals surface area contributed by atoms with Crippen LogP contribution in [0.15, 0.2) is 36.9 Å². The van der Waals surface area contributed by atoms with E-state index in [0.717, 1.165) is 6.42 Å². The van der Waals surface area contributed by atoms with Crippen molar-refractivity contribution in [3.8, 4) is 0 Å². The van der Waals surface area contributed by atoms with Gasteiger partial charge in [-0.1, -0.05) is 35.9 Å². The van der Waals surface area contributed by atoms with Gasteiger partial charge in [-0.05, 0) is 18.9 Å². The van der Waals surface area contributed by atoms with Gasteiger partial charge in [-0.2, -0.15) is 0 Å². The van der Waals surface area contributed by atoms with Gasteiger partial charge in [0.25, 0.3) is 0 Å². The first-order valence-corrected chi connectivity index (χ1v) is 4.16. The molecule has 0 saturated heterocycles. The molecule has 1 rings (SSSR count). The summed E-state index contributed by atoms with van der Waals surface area (Å²) in [7, 11) is 0. The van der Waals surface area contributed by atoms with Gasteiger partial charge in [0, 0.05) is 6.04 Å². The number of benzene rings is 1.